The fraction of sp³-hybridized carbons (Fsp3) is 0.368. The van der Waals surface area contributed by atoms with Gasteiger partial charge in [0.2, 0.25) is 5.91 Å². The highest BCUT2D eigenvalue weighted by atomic mass is 32.1. The van der Waals surface area contributed by atoms with E-state index in [2.05, 4.69) is 39.0 Å². The molecule has 0 aromatic carbocycles. The Morgan fingerprint density at radius 3 is 2.81 bits per heavy atom. The Labute approximate surface area is 162 Å². The van der Waals surface area contributed by atoms with Crippen molar-refractivity contribution in [1.82, 2.24) is 24.8 Å². The lowest BCUT2D eigenvalue weighted by atomic mass is 10.3. The molecule has 1 amide bonds. The summed E-state index contributed by atoms with van der Waals surface area (Å²) in [4.78, 5) is 16.3. The molecule has 7 nitrogen and oxygen atoms in total. The van der Waals surface area contributed by atoms with E-state index in [9.17, 15) is 4.79 Å². The Bertz CT molecular complexity index is 978. The number of hydrazone groups is 1. The fourth-order valence-corrected chi connectivity index (χ4v) is 3.63. The summed E-state index contributed by atoms with van der Waals surface area (Å²) in [5.74, 6) is 0.839. The Morgan fingerprint density at radius 1 is 1.37 bits per heavy atom. The standard InChI is InChI=1S/C19H24N6OS/c1-12(2)25-19(6-7-21-25)24-13(3)8-16(14(24)4)10-20-23-18(26)9-17-11-27-15(5)22-17/h6-8,10-12H,9H2,1-5H3,(H,23,26)/b20-10-. The van der Waals surface area contributed by atoms with Crippen molar-refractivity contribution in [3.05, 3.63) is 51.4 Å². The minimum absolute atomic E-state index is 0.178. The number of carbonyl (C=O) groups excluding carboxylic acids is 1. The molecule has 3 rings (SSSR count). The van der Waals surface area contributed by atoms with Crippen LogP contribution in [0.2, 0.25) is 0 Å². The highest BCUT2D eigenvalue weighted by molar-refractivity contribution is 7.09. The summed E-state index contributed by atoms with van der Waals surface area (Å²) < 4.78 is 4.13. The van der Waals surface area contributed by atoms with Crippen LogP contribution in [-0.4, -0.2) is 31.5 Å². The molecule has 3 aromatic rings. The molecule has 142 valence electrons. The van der Waals surface area contributed by atoms with E-state index < -0.39 is 0 Å². The third-order valence-electron chi connectivity index (χ3n) is 4.24. The summed E-state index contributed by atoms with van der Waals surface area (Å²) in [5, 5.41) is 11.4. The van der Waals surface area contributed by atoms with Crippen molar-refractivity contribution in [3.8, 4) is 5.82 Å². The lowest BCUT2D eigenvalue weighted by molar-refractivity contribution is -0.120. The molecule has 3 aromatic heterocycles. The molecule has 0 bridgehead atoms. The first kappa shape index (κ1) is 19.0. The number of aromatic nitrogens is 4. The van der Waals surface area contributed by atoms with Gasteiger partial charge in [-0.05, 0) is 40.7 Å². The van der Waals surface area contributed by atoms with Crippen LogP contribution in [0.3, 0.4) is 0 Å². The van der Waals surface area contributed by atoms with E-state index in [0.29, 0.717) is 0 Å². The van der Waals surface area contributed by atoms with E-state index in [0.717, 1.165) is 33.5 Å². The van der Waals surface area contributed by atoms with Crippen LogP contribution in [-0.2, 0) is 11.2 Å². The second-order valence-corrected chi connectivity index (χ2v) is 7.78. The smallest absolute Gasteiger partial charge is 0.246 e. The third-order valence-corrected chi connectivity index (χ3v) is 5.06. The second-order valence-electron chi connectivity index (χ2n) is 6.72. The maximum Gasteiger partial charge on any atom is 0.246 e. The van der Waals surface area contributed by atoms with Gasteiger partial charge >= 0.3 is 0 Å². The van der Waals surface area contributed by atoms with Crippen molar-refractivity contribution in [1.29, 1.82) is 0 Å². The minimum Gasteiger partial charge on any atom is -0.303 e. The molecule has 27 heavy (non-hydrogen) atoms. The zero-order valence-corrected chi connectivity index (χ0v) is 17.0. The minimum atomic E-state index is -0.178. The van der Waals surface area contributed by atoms with Gasteiger partial charge in [0.1, 0.15) is 5.82 Å². The van der Waals surface area contributed by atoms with Crippen LogP contribution < -0.4 is 5.43 Å². The van der Waals surface area contributed by atoms with Crippen molar-refractivity contribution >= 4 is 23.5 Å². The van der Waals surface area contributed by atoms with Crippen LogP contribution >= 0.6 is 11.3 Å². The average molecular weight is 385 g/mol. The fourth-order valence-electron chi connectivity index (χ4n) is 3.02. The van der Waals surface area contributed by atoms with Crippen LogP contribution in [0.15, 0.2) is 28.8 Å². The summed E-state index contributed by atoms with van der Waals surface area (Å²) in [6.45, 7) is 10.2. The zero-order valence-electron chi connectivity index (χ0n) is 16.2. The topological polar surface area (TPSA) is 77.1 Å². The molecule has 0 saturated heterocycles. The van der Waals surface area contributed by atoms with Gasteiger partial charge in [-0.3, -0.25) is 4.79 Å². The summed E-state index contributed by atoms with van der Waals surface area (Å²) in [6, 6.07) is 4.31. The van der Waals surface area contributed by atoms with Crippen molar-refractivity contribution in [3.63, 3.8) is 0 Å². The first-order valence-electron chi connectivity index (χ1n) is 8.82. The van der Waals surface area contributed by atoms with E-state index in [1.807, 2.05) is 49.2 Å². The summed E-state index contributed by atoms with van der Waals surface area (Å²) in [7, 11) is 0. The van der Waals surface area contributed by atoms with Crippen LogP contribution in [0.5, 0.6) is 0 Å². The van der Waals surface area contributed by atoms with Gasteiger partial charge < -0.3 is 4.57 Å². The molecule has 0 aliphatic rings. The number of hydrogen-bond acceptors (Lipinski definition) is 5. The van der Waals surface area contributed by atoms with E-state index in [1.165, 1.54) is 11.3 Å². The number of thiazole rings is 1. The first-order valence-corrected chi connectivity index (χ1v) is 9.70. The SMILES string of the molecule is Cc1nc(CC(=O)N/N=C\c2cc(C)n(-c3ccnn3C(C)C)c2C)cs1. The normalized spacial score (nSPS) is 11.6. The number of carbonyl (C=O) groups is 1. The Kier molecular flexibility index (Phi) is 5.55. The van der Waals surface area contributed by atoms with E-state index >= 15 is 0 Å². The number of aryl methyl sites for hydroxylation is 2. The number of hydrogen-bond donors (Lipinski definition) is 1. The molecular formula is C19H24N6OS. The monoisotopic (exact) mass is 384 g/mol. The highest BCUT2D eigenvalue weighted by Crippen LogP contribution is 2.21. The van der Waals surface area contributed by atoms with Gasteiger partial charge in [0.15, 0.2) is 0 Å². The molecular weight excluding hydrogens is 360 g/mol. The molecule has 0 unspecified atom stereocenters. The summed E-state index contributed by atoms with van der Waals surface area (Å²) in [5.41, 5.74) is 6.43. The van der Waals surface area contributed by atoms with Crippen LogP contribution in [0, 0.1) is 20.8 Å². The van der Waals surface area contributed by atoms with Crippen LogP contribution in [0.25, 0.3) is 5.82 Å². The van der Waals surface area contributed by atoms with Gasteiger partial charge in [-0.15, -0.1) is 11.3 Å². The number of nitrogens with zero attached hydrogens (tertiary/aromatic N) is 5. The van der Waals surface area contributed by atoms with Gasteiger partial charge in [0.25, 0.3) is 0 Å². The molecule has 0 aliphatic heterocycles. The molecule has 0 fully saturated rings. The summed E-state index contributed by atoms with van der Waals surface area (Å²) >= 11 is 1.54. The van der Waals surface area contributed by atoms with Crippen molar-refractivity contribution in [2.75, 3.05) is 0 Å². The second kappa shape index (κ2) is 7.87. The zero-order chi connectivity index (χ0) is 19.6. The molecule has 0 radical (unpaired) electrons. The number of rotatable bonds is 6. The lowest BCUT2D eigenvalue weighted by Crippen LogP contribution is -2.20. The quantitative estimate of drug-likeness (QED) is 0.523. The van der Waals surface area contributed by atoms with Crippen molar-refractivity contribution in [2.24, 2.45) is 5.10 Å². The summed E-state index contributed by atoms with van der Waals surface area (Å²) in [6.07, 6.45) is 3.72. The Balaban J connectivity index is 1.73. The molecule has 1 N–H and O–H groups in total. The van der Waals surface area contributed by atoms with E-state index in [4.69, 9.17) is 0 Å². The van der Waals surface area contributed by atoms with Crippen molar-refractivity contribution < 1.29 is 4.79 Å². The Morgan fingerprint density at radius 2 is 2.15 bits per heavy atom. The average Bonchev–Trinajstić information content (AvgIpc) is 3.28. The predicted octanol–water partition coefficient (Wildman–Crippen LogP) is 3.33. The van der Waals surface area contributed by atoms with Crippen molar-refractivity contribution in [2.45, 2.75) is 47.1 Å². The van der Waals surface area contributed by atoms with Gasteiger partial charge in [-0.25, -0.2) is 15.1 Å². The lowest BCUT2D eigenvalue weighted by Gasteiger charge is -2.14. The first-order chi connectivity index (χ1) is 12.9. The van der Waals surface area contributed by atoms with Gasteiger partial charge in [0, 0.05) is 34.4 Å². The van der Waals surface area contributed by atoms with E-state index in [-0.39, 0.29) is 18.4 Å². The number of nitrogens with one attached hydrogen (secondary N) is 1. The molecule has 0 spiro atoms. The maximum absolute atomic E-state index is 12.0. The largest absolute Gasteiger partial charge is 0.303 e. The Hall–Kier alpha value is -2.74. The predicted molar refractivity (Wildman–Crippen MR) is 108 cm³/mol. The van der Waals surface area contributed by atoms with E-state index in [1.54, 1.807) is 6.21 Å². The maximum atomic E-state index is 12.0. The molecule has 8 heteroatoms. The molecule has 3 heterocycles. The molecule has 0 aliphatic carbocycles. The van der Waals surface area contributed by atoms with Gasteiger partial charge in [-0.1, -0.05) is 0 Å². The van der Waals surface area contributed by atoms with Gasteiger partial charge in [-0.2, -0.15) is 10.2 Å². The molecule has 0 saturated carbocycles. The highest BCUT2D eigenvalue weighted by Gasteiger charge is 2.14. The van der Waals surface area contributed by atoms with Crippen LogP contribution in [0.4, 0.5) is 0 Å². The number of amides is 1. The van der Waals surface area contributed by atoms with Crippen LogP contribution in [0.1, 0.15) is 47.5 Å². The molecule has 0 atom stereocenters. The third kappa shape index (κ3) is 4.16. The van der Waals surface area contributed by atoms with Gasteiger partial charge in [0.05, 0.1) is 29.5 Å².